The summed E-state index contributed by atoms with van der Waals surface area (Å²) in [5.41, 5.74) is 1.55. The molecule has 5 heteroatoms. The van der Waals surface area contributed by atoms with Crippen molar-refractivity contribution in [3.8, 4) is 0 Å². The SMILES string of the molecule is CC(NC(=O)c1cn(Cc2ccccc2)nn1)C1CC2CCC1C2. The van der Waals surface area contributed by atoms with Gasteiger partial charge < -0.3 is 5.32 Å². The van der Waals surface area contributed by atoms with Crippen molar-refractivity contribution in [3.63, 3.8) is 0 Å². The standard InChI is InChI=1S/C19H24N4O/c1-13(17-10-15-7-8-16(17)9-15)20-19(24)18-12-23(22-21-18)11-14-5-3-2-4-6-14/h2-6,12-13,15-17H,7-11H2,1H3,(H,20,24). The van der Waals surface area contributed by atoms with E-state index in [1.165, 1.54) is 25.7 Å². The number of nitrogens with zero attached hydrogens (tertiary/aromatic N) is 3. The van der Waals surface area contributed by atoms with Crippen LogP contribution in [0.1, 0.15) is 48.7 Å². The number of aromatic nitrogens is 3. The number of amides is 1. The van der Waals surface area contributed by atoms with Crippen molar-refractivity contribution in [1.29, 1.82) is 0 Å². The molecular weight excluding hydrogens is 300 g/mol. The molecule has 2 aromatic rings. The fraction of sp³-hybridized carbons (Fsp3) is 0.526. The lowest BCUT2D eigenvalue weighted by Gasteiger charge is -2.28. The number of carbonyl (C=O) groups excluding carboxylic acids is 1. The molecule has 0 saturated heterocycles. The molecule has 24 heavy (non-hydrogen) atoms. The van der Waals surface area contributed by atoms with Gasteiger partial charge in [-0.2, -0.15) is 0 Å². The molecule has 1 aromatic carbocycles. The number of carbonyl (C=O) groups is 1. The lowest BCUT2D eigenvalue weighted by Crippen LogP contribution is -2.40. The van der Waals surface area contributed by atoms with Crippen molar-refractivity contribution >= 4 is 5.91 Å². The van der Waals surface area contributed by atoms with Gasteiger partial charge in [0.05, 0.1) is 12.7 Å². The Hall–Kier alpha value is -2.17. The summed E-state index contributed by atoms with van der Waals surface area (Å²) in [5.74, 6) is 2.22. The molecule has 1 heterocycles. The summed E-state index contributed by atoms with van der Waals surface area (Å²) < 4.78 is 1.71. The lowest BCUT2D eigenvalue weighted by molar-refractivity contribution is 0.0910. The molecule has 2 fully saturated rings. The third-order valence-electron chi connectivity index (χ3n) is 5.75. The van der Waals surface area contributed by atoms with E-state index in [1.807, 2.05) is 30.3 Å². The highest BCUT2D eigenvalue weighted by Gasteiger charge is 2.42. The van der Waals surface area contributed by atoms with E-state index in [0.29, 0.717) is 18.2 Å². The Morgan fingerprint density at radius 3 is 2.83 bits per heavy atom. The van der Waals surface area contributed by atoms with Crippen LogP contribution in [0.4, 0.5) is 0 Å². The van der Waals surface area contributed by atoms with E-state index in [9.17, 15) is 4.79 Å². The molecule has 4 unspecified atom stereocenters. The molecule has 2 aliphatic rings. The van der Waals surface area contributed by atoms with Crippen molar-refractivity contribution in [3.05, 3.63) is 47.8 Å². The first-order valence-electron chi connectivity index (χ1n) is 8.94. The zero-order chi connectivity index (χ0) is 16.5. The van der Waals surface area contributed by atoms with Crippen LogP contribution in [0.15, 0.2) is 36.5 Å². The van der Waals surface area contributed by atoms with Gasteiger partial charge in [-0.3, -0.25) is 4.79 Å². The average Bonchev–Trinajstić information content (AvgIpc) is 3.32. The van der Waals surface area contributed by atoms with E-state index in [1.54, 1.807) is 10.9 Å². The third-order valence-corrected chi connectivity index (χ3v) is 5.75. The summed E-state index contributed by atoms with van der Waals surface area (Å²) in [6.45, 7) is 2.76. The van der Waals surface area contributed by atoms with Gasteiger partial charge in [0.2, 0.25) is 0 Å². The fourth-order valence-corrected chi connectivity index (χ4v) is 4.54. The van der Waals surface area contributed by atoms with Crippen molar-refractivity contribution in [1.82, 2.24) is 20.3 Å². The Bertz CT molecular complexity index is 711. The topological polar surface area (TPSA) is 59.8 Å². The maximum atomic E-state index is 12.5. The quantitative estimate of drug-likeness (QED) is 0.920. The summed E-state index contributed by atoms with van der Waals surface area (Å²) in [7, 11) is 0. The van der Waals surface area contributed by atoms with Crippen molar-refractivity contribution in [2.75, 3.05) is 0 Å². The summed E-state index contributed by atoms with van der Waals surface area (Å²) >= 11 is 0. The molecule has 1 aromatic heterocycles. The molecule has 2 bridgehead atoms. The molecule has 0 radical (unpaired) electrons. The minimum atomic E-state index is -0.107. The molecule has 4 atom stereocenters. The van der Waals surface area contributed by atoms with E-state index in [4.69, 9.17) is 0 Å². The zero-order valence-corrected chi connectivity index (χ0v) is 14.1. The number of rotatable bonds is 5. The Labute approximate surface area is 142 Å². The van der Waals surface area contributed by atoms with Gasteiger partial charge in [-0.05, 0) is 49.5 Å². The summed E-state index contributed by atoms with van der Waals surface area (Å²) in [4.78, 5) is 12.5. The van der Waals surface area contributed by atoms with Gasteiger partial charge in [-0.15, -0.1) is 5.10 Å². The molecule has 0 spiro atoms. The van der Waals surface area contributed by atoms with E-state index in [2.05, 4.69) is 22.6 Å². The smallest absolute Gasteiger partial charge is 0.273 e. The first kappa shape index (κ1) is 15.4. The van der Waals surface area contributed by atoms with Crippen LogP contribution in [0.25, 0.3) is 0 Å². The molecule has 2 aliphatic carbocycles. The molecule has 5 nitrogen and oxygen atoms in total. The molecule has 2 saturated carbocycles. The van der Waals surface area contributed by atoms with Crippen LogP contribution >= 0.6 is 0 Å². The summed E-state index contributed by atoms with van der Waals surface area (Å²) in [6.07, 6.45) is 7.08. The molecule has 126 valence electrons. The summed E-state index contributed by atoms with van der Waals surface area (Å²) in [6, 6.07) is 10.3. The minimum Gasteiger partial charge on any atom is -0.348 e. The van der Waals surface area contributed by atoms with Crippen LogP contribution < -0.4 is 5.32 Å². The first-order chi connectivity index (χ1) is 11.7. The van der Waals surface area contributed by atoms with Crippen molar-refractivity contribution < 1.29 is 4.79 Å². The Balaban J connectivity index is 1.36. The fourth-order valence-electron chi connectivity index (χ4n) is 4.54. The Morgan fingerprint density at radius 2 is 2.12 bits per heavy atom. The molecular formula is C19H24N4O. The summed E-state index contributed by atoms with van der Waals surface area (Å²) in [5, 5.41) is 11.3. The minimum absolute atomic E-state index is 0.107. The molecule has 1 amide bonds. The van der Waals surface area contributed by atoms with Crippen molar-refractivity contribution in [2.45, 2.75) is 45.2 Å². The van der Waals surface area contributed by atoms with Crippen LogP contribution in [0, 0.1) is 17.8 Å². The van der Waals surface area contributed by atoms with E-state index >= 15 is 0 Å². The number of benzene rings is 1. The Kier molecular flexibility index (Phi) is 4.08. The van der Waals surface area contributed by atoms with Gasteiger partial charge in [0.15, 0.2) is 5.69 Å². The second-order valence-corrected chi connectivity index (χ2v) is 7.39. The highest BCUT2D eigenvalue weighted by atomic mass is 16.2. The van der Waals surface area contributed by atoms with Gasteiger partial charge in [-0.25, -0.2) is 4.68 Å². The highest BCUT2D eigenvalue weighted by molar-refractivity contribution is 5.92. The van der Waals surface area contributed by atoms with Gasteiger partial charge in [0.25, 0.3) is 5.91 Å². The Morgan fingerprint density at radius 1 is 1.29 bits per heavy atom. The van der Waals surface area contributed by atoms with Crippen LogP contribution in [0.2, 0.25) is 0 Å². The van der Waals surface area contributed by atoms with Gasteiger partial charge >= 0.3 is 0 Å². The lowest BCUT2D eigenvalue weighted by atomic mass is 9.84. The molecule has 1 N–H and O–H groups in total. The zero-order valence-electron chi connectivity index (χ0n) is 14.1. The van der Waals surface area contributed by atoms with Crippen LogP contribution in [0.5, 0.6) is 0 Å². The second kappa shape index (κ2) is 6.38. The normalized spacial score (nSPS) is 26.5. The monoisotopic (exact) mass is 324 g/mol. The van der Waals surface area contributed by atoms with E-state index in [0.717, 1.165) is 17.4 Å². The van der Waals surface area contributed by atoms with Crippen molar-refractivity contribution in [2.24, 2.45) is 17.8 Å². The molecule has 4 rings (SSSR count). The first-order valence-corrected chi connectivity index (χ1v) is 8.94. The number of nitrogens with one attached hydrogen (secondary N) is 1. The average molecular weight is 324 g/mol. The maximum absolute atomic E-state index is 12.5. The second-order valence-electron chi connectivity index (χ2n) is 7.39. The van der Waals surface area contributed by atoms with Gasteiger partial charge in [0, 0.05) is 6.04 Å². The predicted octanol–water partition coefficient (Wildman–Crippen LogP) is 2.88. The third kappa shape index (κ3) is 3.07. The predicted molar refractivity (Wildman–Crippen MR) is 91.4 cm³/mol. The van der Waals surface area contributed by atoms with E-state index < -0.39 is 0 Å². The number of hydrogen-bond acceptors (Lipinski definition) is 3. The largest absolute Gasteiger partial charge is 0.348 e. The van der Waals surface area contributed by atoms with Gasteiger partial charge in [0.1, 0.15) is 0 Å². The van der Waals surface area contributed by atoms with Crippen LogP contribution in [0.3, 0.4) is 0 Å². The molecule has 0 aliphatic heterocycles. The maximum Gasteiger partial charge on any atom is 0.273 e. The van der Waals surface area contributed by atoms with Gasteiger partial charge in [-0.1, -0.05) is 42.0 Å². The number of fused-ring (bicyclic) bond motifs is 2. The van der Waals surface area contributed by atoms with Crippen LogP contribution in [-0.2, 0) is 6.54 Å². The van der Waals surface area contributed by atoms with Crippen LogP contribution in [-0.4, -0.2) is 26.9 Å². The highest BCUT2D eigenvalue weighted by Crippen LogP contribution is 2.49. The number of hydrogen-bond donors (Lipinski definition) is 1. The van der Waals surface area contributed by atoms with E-state index in [-0.39, 0.29) is 11.9 Å².